The molecule has 4 heteroatoms. The van der Waals surface area contributed by atoms with Crippen molar-refractivity contribution in [2.45, 2.75) is 65.2 Å². The number of carbonyl (C=O) groups is 2. The molecule has 0 fully saturated rings. The smallest absolute Gasteiger partial charge is 0.305 e. The topological polar surface area (TPSA) is 43.4 Å². The summed E-state index contributed by atoms with van der Waals surface area (Å²) in [5.41, 5.74) is 1.10. The fourth-order valence-corrected chi connectivity index (χ4v) is 3.16. The average molecular weight is 310 g/mol. The number of Topliss-reactive ketones (excluding diaryl/α,β-unsaturated/α-hetero) is 1. The third-order valence-corrected chi connectivity index (χ3v) is 4.51. The van der Waals surface area contributed by atoms with E-state index in [0.717, 1.165) is 49.0 Å². The van der Waals surface area contributed by atoms with E-state index in [1.54, 1.807) is 11.3 Å². The molecule has 1 rings (SSSR count). The lowest BCUT2D eigenvalue weighted by Crippen LogP contribution is -2.03. The highest BCUT2D eigenvalue weighted by molar-refractivity contribution is 7.12. The molecule has 0 saturated carbocycles. The number of unbranched alkanes of at least 4 members (excludes halogenated alkanes) is 5. The lowest BCUT2D eigenvalue weighted by molar-refractivity contribution is -0.143. The second-order valence-electron chi connectivity index (χ2n) is 5.28. The van der Waals surface area contributed by atoms with E-state index < -0.39 is 0 Å². The number of thiophene rings is 1. The SMILES string of the molecule is CCOC(=O)CCCCCCCCC(=O)c1sccc1C. The van der Waals surface area contributed by atoms with Crippen molar-refractivity contribution in [2.24, 2.45) is 0 Å². The van der Waals surface area contributed by atoms with Gasteiger partial charge >= 0.3 is 5.97 Å². The number of hydrogen-bond acceptors (Lipinski definition) is 4. The lowest BCUT2D eigenvalue weighted by Gasteiger charge is -2.03. The molecule has 0 atom stereocenters. The Bertz CT molecular complexity index is 437. The average Bonchev–Trinajstić information content (AvgIpc) is 2.88. The molecule has 0 radical (unpaired) electrons. The lowest BCUT2D eigenvalue weighted by atomic mass is 10.1. The number of ketones is 1. The Morgan fingerprint density at radius 2 is 1.67 bits per heavy atom. The monoisotopic (exact) mass is 310 g/mol. The van der Waals surface area contributed by atoms with Crippen LogP contribution in [0, 0.1) is 6.92 Å². The Balaban J connectivity index is 1.97. The first-order valence-electron chi connectivity index (χ1n) is 7.88. The molecule has 0 bridgehead atoms. The summed E-state index contributed by atoms with van der Waals surface area (Å²) in [7, 11) is 0. The van der Waals surface area contributed by atoms with E-state index in [0.29, 0.717) is 19.4 Å². The molecule has 0 aliphatic carbocycles. The van der Waals surface area contributed by atoms with Gasteiger partial charge in [0.1, 0.15) is 0 Å². The van der Waals surface area contributed by atoms with Gasteiger partial charge in [-0.3, -0.25) is 9.59 Å². The van der Waals surface area contributed by atoms with Gasteiger partial charge in [0.2, 0.25) is 0 Å². The molecule has 21 heavy (non-hydrogen) atoms. The van der Waals surface area contributed by atoms with Gasteiger partial charge in [0.25, 0.3) is 0 Å². The molecule has 0 unspecified atom stereocenters. The van der Waals surface area contributed by atoms with Crippen molar-refractivity contribution >= 4 is 23.1 Å². The predicted octanol–water partition coefficient (Wildman–Crippen LogP) is 4.92. The highest BCUT2D eigenvalue weighted by Crippen LogP contribution is 2.19. The van der Waals surface area contributed by atoms with Crippen LogP contribution >= 0.6 is 11.3 Å². The van der Waals surface area contributed by atoms with Crippen LogP contribution in [0.1, 0.15) is 73.5 Å². The molecule has 0 spiro atoms. The van der Waals surface area contributed by atoms with Crippen molar-refractivity contribution in [3.63, 3.8) is 0 Å². The maximum absolute atomic E-state index is 12.0. The molecule has 1 heterocycles. The molecular formula is C17H26O3S. The van der Waals surface area contributed by atoms with Gasteiger partial charge in [0, 0.05) is 12.8 Å². The van der Waals surface area contributed by atoms with Crippen LogP contribution in [-0.4, -0.2) is 18.4 Å². The highest BCUT2D eigenvalue weighted by atomic mass is 32.1. The van der Waals surface area contributed by atoms with Crippen LogP contribution in [0.3, 0.4) is 0 Å². The van der Waals surface area contributed by atoms with E-state index in [9.17, 15) is 9.59 Å². The summed E-state index contributed by atoms with van der Waals surface area (Å²) in [5.74, 6) is 0.194. The molecule has 1 aromatic rings. The molecule has 3 nitrogen and oxygen atoms in total. The fraction of sp³-hybridized carbons (Fsp3) is 0.647. The van der Waals surface area contributed by atoms with Crippen molar-refractivity contribution in [3.8, 4) is 0 Å². The van der Waals surface area contributed by atoms with Gasteiger partial charge in [0.15, 0.2) is 5.78 Å². The third kappa shape index (κ3) is 7.42. The summed E-state index contributed by atoms with van der Waals surface area (Å²) in [6.07, 6.45) is 7.49. The molecule has 0 saturated heterocycles. The summed E-state index contributed by atoms with van der Waals surface area (Å²) < 4.78 is 4.88. The third-order valence-electron chi connectivity index (χ3n) is 3.46. The summed E-state index contributed by atoms with van der Waals surface area (Å²) in [6.45, 7) is 4.29. The van der Waals surface area contributed by atoms with Crippen molar-refractivity contribution in [2.75, 3.05) is 6.61 Å². The van der Waals surface area contributed by atoms with Crippen LogP contribution in [0.2, 0.25) is 0 Å². The van der Waals surface area contributed by atoms with E-state index in [1.807, 2.05) is 25.3 Å². The maximum atomic E-state index is 12.0. The first-order valence-corrected chi connectivity index (χ1v) is 8.76. The van der Waals surface area contributed by atoms with E-state index >= 15 is 0 Å². The zero-order chi connectivity index (χ0) is 15.5. The van der Waals surface area contributed by atoms with Crippen molar-refractivity contribution in [1.82, 2.24) is 0 Å². The summed E-state index contributed by atoms with van der Waals surface area (Å²) >= 11 is 1.55. The van der Waals surface area contributed by atoms with Gasteiger partial charge in [-0.05, 0) is 43.7 Å². The van der Waals surface area contributed by atoms with Crippen molar-refractivity contribution in [1.29, 1.82) is 0 Å². The second-order valence-corrected chi connectivity index (χ2v) is 6.20. The van der Waals surface area contributed by atoms with E-state index in [1.165, 1.54) is 0 Å². The van der Waals surface area contributed by atoms with Crippen molar-refractivity contribution in [3.05, 3.63) is 21.9 Å². The number of aryl methyl sites for hydroxylation is 1. The Labute approximate surface area is 131 Å². The van der Waals surface area contributed by atoms with E-state index in [-0.39, 0.29) is 11.8 Å². The van der Waals surface area contributed by atoms with Gasteiger partial charge in [0.05, 0.1) is 11.5 Å². The first-order chi connectivity index (χ1) is 10.1. The zero-order valence-corrected chi connectivity index (χ0v) is 14.0. The fourth-order valence-electron chi connectivity index (χ4n) is 2.27. The number of hydrogen-bond donors (Lipinski definition) is 0. The normalized spacial score (nSPS) is 10.6. The van der Waals surface area contributed by atoms with E-state index in [2.05, 4.69) is 0 Å². The largest absolute Gasteiger partial charge is 0.466 e. The van der Waals surface area contributed by atoms with Crippen LogP contribution in [0.5, 0.6) is 0 Å². The maximum Gasteiger partial charge on any atom is 0.305 e. The number of ether oxygens (including phenoxy) is 1. The van der Waals surface area contributed by atoms with Crippen LogP contribution < -0.4 is 0 Å². The molecular weight excluding hydrogens is 284 g/mol. The molecule has 0 aliphatic rings. The minimum absolute atomic E-state index is 0.0885. The van der Waals surface area contributed by atoms with Crippen LogP contribution in [0.15, 0.2) is 11.4 Å². The van der Waals surface area contributed by atoms with Gasteiger partial charge in [-0.1, -0.05) is 25.7 Å². The molecule has 118 valence electrons. The quantitative estimate of drug-likeness (QED) is 0.331. The zero-order valence-electron chi connectivity index (χ0n) is 13.2. The Hall–Kier alpha value is -1.16. The summed E-state index contributed by atoms with van der Waals surface area (Å²) in [6, 6.07) is 2.00. The van der Waals surface area contributed by atoms with Crippen LogP contribution in [0.4, 0.5) is 0 Å². The van der Waals surface area contributed by atoms with E-state index in [4.69, 9.17) is 4.74 Å². The number of carbonyl (C=O) groups excluding carboxylic acids is 2. The minimum atomic E-state index is -0.0885. The second kappa shape index (κ2) is 10.6. The van der Waals surface area contributed by atoms with Gasteiger partial charge in [-0.15, -0.1) is 11.3 Å². The summed E-state index contributed by atoms with van der Waals surface area (Å²) in [4.78, 5) is 24.0. The molecule has 0 aliphatic heterocycles. The molecule has 0 aromatic carbocycles. The van der Waals surface area contributed by atoms with Crippen LogP contribution in [0.25, 0.3) is 0 Å². The Morgan fingerprint density at radius 3 is 2.24 bits per heavy atom. The molecule has 0 amide bonds. The van der Waals surface area contributed by atoms with Gasteiger partial charge < -0.3 is 4.74 Å². The number of rotatable bonds is 11. The minimum Gasteiger partial charge on any atom is -0.466 e. The van der Waals surface area contributed by atoms with Gasteiger partial charge in [-0.2, -0.15) is 0 Å². The first kappa shape index (κ1) is 17.9. The highest BCUT2D eigenvalue weighted by Gasteiger charge is 2.09. The van der Waals surface area contributed by atoms with Crippen LogP contribution in [-0.2, 0) is 9.53 Å². The Kier molecular flexibility index (Phi) is 8.99. The molecule has 0 N–H and O–H groups in total. The number of esters is 1. The molecule has 1 aromatic heterocycles. The van der Waals surface area contributed by atoms with Crippen molar-refractivity contribution < 1.29 is 14.3 Å². The van der Waals surface area contributed by atoms with Gasteiger partial charge in [-0.25, -0.2) is 0 Å². The standard InChI is InChI=1S/C17H26O3S/c1-3-20-16(19)11-9-7-5-4-6-8-10-15(18)17-14(2)12-13-21-17/h12-13H,3-11H2,1-2H3. The Morgan fingerprint density at radius 1 is 1.05 bits per heavy atom. The predicted molar refractivity (Wildman–Crippen MR) is 87.0 cm³/mol. The summed E-state index contributed by atoms with van der Waals surface area (Å²) in [5, 5.41) is 1.98.